The highest BCUT2D eigenvalue weighted by atomic mass is 16.5. The monoisotopic (exact) mass is 283 g/mol. The fourth-order valence-corrected chi connectivity index (χ4v) is 2.43. The summed E-state index contributed by atoms with van der Waals surface area (Å²) in [6.45, 7) is 2.90. The van der Waals surface area contributed by atoms with Crippen molar-refractivity contribution < 1.29 is 9.84 Å². The Hall–Kier alpha value is -2.56. The van der Waals surface area contributed by atoms with Gasteiger partial charge in [0.1, 0.15) is 22.8 Å². The zero-order chi connectivity index (χ0) is 14.8. The normalized spacial score (nSPS) is 11.0. The summed E-state index contributed by atoms with van der Waals surface area (Å²) >= 11 is 0. The number of phenols is 1. The van der Waals surface area contributed by atoms with Gasteiger partial charge in [-0.1, -0.05) is 6.92 Å². The molecule has 0 bridgehead atoms. The van der Waals surface area contributed by atoms with Crippen LogP contribution in [-0.4, -0.2) is 26.8 Å². The molecule has 0 aliphatic rings. The zero-order valence-corrected chi connectivity index (χ0v) is 12.1. The van der Waals surface area contributed by atoms with Crippen LogP contribution in [0.3, 0.4) is 0 Å². The molecule has 5 nitrogen and oxygen atoms in total. The minimum Gasteiger partial charge on any atom is -0.507 e. The first-order valence-electron chi connectivity index (χ1n) is 6.93. The summed E-state index contributed by atoms with van der Waals surface area (Å²) in [5.41, 5.74) is 2.35. The second-order valence-electron chi connectivity index (χ2n) is 4.82. The Morgan fingerprint density at radius 1 is 1.29 bits per heavy atom. The van der Waals surface area contributed by atoms with Gasteiger partial charge in [0.25, 0.3) is 0 Å². The van der Waals surface area contributed by atoms with Gasteiger partial charge in [-0.05, 0) is 30.7 Å². The Morgan fingerprint density at radius 2 is 2.14 bits per heavy atom. The summed E-state index contributed by atoms with van der Waals surface area (Å²) in [5.74, 6) is 1.50. The number of rotatable bonds is 4. The van der Waals surface area contributed by atoms with E-state index in [-0.39, 0.29) is 5.75 Å². The Balaban J connectivity index is 2.21. The molecule has 5 heteroatoms. The number of aromatic nitrogens is 3. The van der Waals surface area contributed by atoms with Crippen LogP contribution in [-0.2, 0) is 6.54 Å². The van der Waals surface area contributed by atoms with Crippen molar-refractivity contribution in [2.75, 3.05) is 7.11 Å². The summed E-state index contributed by atoms with van der Waals surface area (Å²) in [4.78, 5) is 9.02. The highest BCUT2D eigenvalue weighted by Gasteiger charge is 2.16. The van der Waals surface area contributed by atoms with Crippen molar-refractivity contribution in [1.29, 1.82) is 0 Å². The van der Waals surface area contributed by atoms with E-state index in [1.165, 1.54) is 0 Å². The number of methoxy groups -OCH3 is 1. The van der Waals surface area contributed by atoms with Crippen LogP contribution in [0.15, 0.2) is 36.5 Å². The minimum absolute atomic E-state index is 0.155. The number of aryl methyl sites for hydroxylation is 1. The van der Waals surface area contributed by atoms with Gasteiger partial charge in [0.05, 0.1) is 12.7 Å². The van der Waals surface area contributed by atoms with Crippen molar-refractivity contribution in [3.05, 3.63) is 36.5 Å². The Kier molecular flexibility index (Phi) is 3.48. The second kappa shape index (κ2) is 5.44. The average Bonchev–Trinajstić information content (AvgIpc) is 2.86. The summed E-state index contributed by atoms with van der Waals surface area (Å²) < 4.78 is 7.16. The molecule has 2 aromatic heterocycles. The van der Waals surface area contributed by atoms with Gasteiger partial charge in [0.15, 0.2) is 5.65 Å². The van der Waals surface area contributed by atoms with Crippen LogP contribution in [0, 0.1) is 0 Å². The molecule has 0 spiro atoms. The highest BCUT2D eigenvalue weighted by Crippen LogP contribution is 2.33. The number of fused-ring (bicyclic) bond motifs is 1. The SMILES string of the molecule is CCCn1c(-c2ccc(OC)cc2O)nc2cccnc21. The fraction of sp³-hybridized carbons (Fsp3) is 0.250. The smallest absolute Gasteiger partial charge is 0.160 e. The van der Waals surface area contributed by atoms with Crippen LogP contribution in [0.4, 0.5) is 0 Å². The lowest BCUT2D eigenvalue weighted by Gasteiger charge is -2.09. The fourth-order valence-electron chi connectivity index (χ4n) is 2.43. The summed E-state index contributed by atoms with van der Waals surface area (Å²) in [6.07, 6.45) is 2.72. The second-order valence-corrected chi connectivity index (χ2v) is 4.82. The van der Waals surface area contributed by atoms with E-state index in [1.54, 1.807) is 19.4 Å². The first kappa shape index (κ1) is 13.4. The number of aromatic hydroxyl groups is 1. The van der Waals surface area contributed by atoms with Gasteiger partial charge < -0.3 is 14.4 Å². The molecular formula is C16H17N3O2. The Labute approximate surface area is 122 Å². The summed E-state index contributed by atoms with van der Waals surface area (Å²) in [7, 11) is 1.57. The third kappa shape index (κ3) is 2.31. The minimum atomic E-state index is 0.155. The predicted octanol–water partition coefficient (Wildman–Crippen LogP) is 3.22. The molecule has 0 aliphatic heterocycles. The maximum atomic E-state index is 10.2. The number of benzene rings is 1. The van der Waals surface area contributed by atoms with Crippen LogP contribution in [0.5, 0.6) is 11.5 Å². The van der Waals surface area contributed by atoms with Gasteiger partial charge >= 0.3 is 0 Å². The van der Waals surface area contributed by atoms with Gasteiger partial charge in [-0.3, -0.25) is 0 Å². The average molecular weight is 283 g/mol. The van der Waals surface area contributed by atoms with Crippen LogP contribution in [0.25, 0.3) is 22.6 Å². The molecule has 0 amide bonds. The number of nitrogens with zero attached hydrogens (tertiary/aromatic N) is 3. The molecule has 0 unspecified atom stereocenters. The molecule has 0 radical (unpaired) electrons. The highest BCUT2D eigenvalue weighted by molar-refractivity contribution is 5.79. The maximum Gasteiger partial charge on any atom is 0.160 e. The van der Waals surface area contributed by atoms with E-state index in [0.29, 0.717) is 11.3 Å². The van der Waals surface area contributed by atoms with Crippen molar-refractivity contribution in [2.24, 2.45) is 0 Å². The standard InChI is InChI=1S/C16H17N3O2/c1-3-9-19-15(18-13-5-4-8-17-16(13)19)12-7-6-11(21-2)10-14(12)20/h4-8,10,20H,3,9H2,1-2H3. The lowest BCUT2D eigenvalue weighted by molar-refractivity contribution is 0.408. The van der Waals surface area contributed by atoms with Gasteiger partial charge in [-0.2, -0.15) is 0 Å². The van der Waals surface area contributed by atoms with Crippen LogP contribution in [0.1, 0.15) is 13.3 Å². The summed E-state index contributed by atoms with van der Waals surface area (Å²) in [5, 5.41) is 10.2. The van der Waals surface area contributed by atoms with E-state index >= 15 is 0 Å². The summed E-state index contributed by atoms with van der Waals surface area (Å²) in [6, 6.07) is 9.03. The molecule has 2 heterocycles. The predicted molar refractivity (Wildman–Crippen MR) is 81.5 cm³/mol. The quantitative estimate of drug-likeness (QED) is 0.798. The van der Waals surface area contributed by atoms with Crippen molar-refractivity contribution in [3.8, 4) is 22.9 Å². The molecule has 0 saturated heterocycles. The number of imidazole rings is 1. The third-order valence-electron chi connectivity index (χ3n) is 3.40. The molecule has 3 aromatic rings. The molecule has 0 saturated carbocycles. The van der Waals surface area contributed by atoms with E-state index in [9.17, 15) is 5.11 Å². The first-order valence-corrected chi connectivity index (χ1v) is 6.93. The molecule has 21 heavy (non-hydrogen) atoms. The first-order chi connectivity index (χ1) is 10.2. The largest absolute Gasteiger partial charge is 0.507 e. The van der Waals surface area contributed by atoms with Gasteiger partial charge in [0, 0.05) is 18.8 Å². The molecular weight excluding hydrogens is 266 g/mol. The topological polar surface area (TPSA) is 60.2 Å². The van der Waals surface area contributed by atoms with E-state index in [2.05, 4.69) is 16.9 Å². The lowest BCUT2D eigenvalue weighted by atomic mass is 10.1. The number of hydrogen-bond donors (Lipinski definition) is 1. The number of hydrogen-bond acceptors (Lipinski definition) is 4. The van der Waals surface area contributed by atoms with Crippen molar-refractivity contribution in [2.45, 2.75) is 19.9 Å². The van der Waals surface area contributed by atoms with E-state index in [4.69, 9.17) is 4.74 Å². The van der Waals surface area contributed by atoms with E-state index in [1.807, 2.05) is 28.8 Å². The molecule has 108 valence electrons. The Bertz CT molecular complexity index is 780. The van der Waals surface area contributed by atoms with Crippen LogP contribution < -0.4 is 4.74 Å². The van der Waals surface area contributed by atoms with Gasteiger partial charge in [-0.25, -0.2) is 9.97 Å². The third-order valence-corrected chi connectivity index (χ3v) is 3.40. The van der Waals surface area contributed by atoms with Crippen molar-refractivity contribution >= 4 is 11.2 Å². The van der Waals surface area contributed by atoms with E-state index in [0.717, 1.165) is 30.0 Å². The number of ether oxygens (including phenoxy) is 1. The number of pyridine rings is 1. The van der Waals surface area contributed by atoms with Gasteiger partial charge in [0.2, 0.25) is 0 Å². The molecule has 0 fully saturated rings. The van der Waals surface area contributed by atoms with E-state index < -0.39 is 0 Å². The lowest BCUT2D eigenvalue weighted by Crippen LogP contribution is -2.01. The molecule has 1 N–H and O–H groups in total. The van der Waals surface area contributed by atoms with Crippen LogP contribution >= 0.6 is 0 Å². The van der Waals surface area contributed by atoms with Crippen molar-refractivity contribution in [1.82, 2.24) is 14.5 Å². The Morgan fingerprint density at radius 3 is 2.86 bits per heavy atom. The molecule has 0 aliphatic carbocycles. The molecule has 1 aromatic carbocycles. The molecule has 0 atom stereocenters. The maximum absolute atomic E-state index is 10.2. The van der Waals surface area contributed by atoms with Crippen LogP contribution in [0.2, 0.25) is 0 Å². The molecule has 3 rings (SSSR count). The van der Waals surface area contributed by atoms with Gasteiger partial charge in [-0.15, -0.1) is 0 Å². The van der Waals surface area contributed by atoms with Crippen molar-refractivity contribution in [3.63, 3.8) is 0 Å². The zero-order valence-electron chi connectivity index (χ0n) is 12.1. The number of phenolic OH excluding ortho intramolecular Hbond substituents is 1.